The van der Waals surface area contributed by atoms with E-state index >= 15 is 0 Å². The Hall–Kier alpha value is -3.93. The van der Waals surface area contributed by atoms with Crippen LogP contribution in [0.3, 0.4) is 0 Å². The molecule has 0 aliphatic rings. The Kier molecular flexibility index (Phi) is 13.1. The van der Waals surface area contributed by atoms with Gasteiger partial charge in [-0.25, -0.2) is 4.79 Å². The fraction of sp³-hybridized carbons (Fsp3) is 0.0870. The summed E-state index contributed by atoms with van der Waals surface area (Å²) < 4.78 is 4.86. The molecule has 0 saturated heterocycles. The molecule has 0 aromatic heterocycles. The van der Waals surface area contributed by atoms with Crippen LogP contribution in [0.25, 0.3) is 0 Å². The van der Waals surface area contributed by atoms with Crippen molar-refractivity contribution in [3.63, 3.8) is 0 Å². The van der Waals surface area contributed by atoms with Crippen LogP contribution in [0, 0.1) is 6.92 Å². The minimum absolute atomic E-state index is 0.169. The molecule has 3 aromatic carbocycles. The van der Waals surface area contributed by atoms with E-state index in [0.29, 0.717) is 0 Å². The van der Waals surface area contributed by atoms with Gasteiger partial charge in [0, 0.05) is 6.08 Å². The summed E-state index contributed by atoms with van der Waals surface area (Å²) >= 11 is 0. The maximum Gasteiger partial charge on any atom is 0.327 e. The van der Waals surface area contributed by atoms with E-state index in [0.717, 1.165) is 11.8 Å². The molecule has 6 heteroatoms. The molecular formula is C23H26O6. The van der Waals surface area contributed by atoms with Gasteiger partial charge in [0.2, 0.25) is 0 Å². The maximum atomic E-state index is 9.25. The number of ether oxygens (including phenoxy) is 1. The van der Waals surface area contributed by atoms with Gasteiger partial charge in [0.1, 0.15) is 23.0 Å². The Morgan fingerprint density at radius 1 is 0.793 bits per heavy atom. The summed E-state index contributed by atoms with van der Waals surface area (Å²) in [5, 5.41) is 33.7. The van der Waals surface area contributed by atoms with Crippen LogP contribution < -0.4 is 4.74 Å². The molecule has 0 amide bonds. The highest BCUT2D eigenvalue weighted by molar-refractivity contribution is 5.78. The zero-order valence-electron chi connectivity index (χ0n) is 16.4. The molecule has 0 aliphatic heterocycles. The van der Waals surface area contributed by atoms with Crippen molar-refractivity contribution in [1.29, 1.82) is 0 Å². The lowest BCUT2D eigenvalue weighted by molar-refractivity contribution is -0.131. The number of phenolic OH excluding ortho intramolecular Hbond substituents is 3. The van der Waals surface area contributed by atoms with Crippen LogP contribution in [0.15, 0.2) is 91.5 Å². The van der Waals surface area contributed by atoms with Crippen molar-refractivity contribution >= 4 is 5.97 Å². The third kappa shape index (κ3) is 14.9. The van der Waals surface area contributed by atoms with E-state index < -0.39 is 5.97 Å². The van der Waals surface area contributed by atoms with Gasteiger partial charge < -0.3 is 25.2 Å². The molecular weight excluding hydrogens is 372 g/mol. The lowest BCUT2D eigenvalue weighted by Gasteiger charge is -1.96. The summed E-state index contributed by atoms with van der Waals surface area (Å²) in [7, 11) is 1.59. The number of carbonyl (C=O) groups is 1. The fourth-order valence-electron chi connectivity index (χ4n) is 1.57. The molecule has 0 bridgehead atoms. The monoisotopic (exact) mass is 398 g/mol. The number of benzene rings is 3. The minimum atomic E-state index is -0.981. The van der Waals surface area contributed by atoms with E-state index in [1.54, 1.807) is 31.4 Å². The summed E-state index contributed by atoms with van der Waals surface area (Å²) in [6.07, 6.45) is 0.833. The standard InChI is InChI=1S/C7H8O2.C7H8.C6H6O2.C3H4O2/c1-9-7-4-2-6(8)3-5-7;1-7-5-3-2-4-6-7;7-5-1-2-6(8)4-3-5;1-2-3(4)5/h2-5,8H,1H3;2-6H,1H3;1-4,7-8H;2H,1H2,(H,4,5). The van der Waals surface area contributed by atoms with Crippen molar-refractivity contribution in [1.82, 2.24) is 0 Å². The molecule has 0 fully saturated rings. The molecule has 4 N–H and O–H groups in total. The Morgan fingerprint density at radius 2 is 1.14 bits per heavy atom. The van der Waals surface area contributed by atoms with Crippen LogP contribution >= 0.6 is 0 Å². The predicted molar refractivity (Wildman–Crippen MR) is 113 cm³/mol. The molecule has 0 unspecified atom stereocenters. The molecule has 0 saturated carbocycles. The number of methoxy groups -OCH3 is 1. The minimum Gasteiger partial charge on any atom is -0.508 e. The fourth-order valence-corrected chi connectivity index (χ4v) is 1.57. The zero-order chi connectivity index (χ0) is 22.1. The second-order valence-corrected chi connectivity index (χ2v) is 5.41. The zero-order valence-corrected chi connectivity index (χ0v) is 16.4. The molecule has 3 aromatic rings. The first-order chi connectivity index (χ1) is 13.8. The molecule has 0 atom stereocenters. The summed E-state index contributed by atoms with van der Waals surface area (Å²) in [6.45, 7) is 5.04. The number of carboxylic acids is 1. The average molecular weight is 398 g/mol. The molecule has 0 radical (unpaired) electrons. The molecule has 6 nitrogen and oxygen atoms in total. The number of hydrogen-bond donors (Lipinski definition) is 4. The Bertz CT molecular complexity index is 791. The van der Waals surface area contributed by atoms with E-state index in [1.165, 1.54) is 29.8 Å². The van der Waals surface area contributed by atoms with Gasteiger partial charge in [-0.1, -0.05) is 42.5 Å². The highest BCUT2D eigenvalue weighted by Crippen LogP contribution is 2.14. The molecule has 0 heterocycles. The van der Waals surface area contributed by atoms with Crippen LogP contribution in [0.1, 0.15) is 5.56 Å². The number of aryl methyl sites for hydroxylation is 1. The van der Waals surface area contributed by atoms with Gasteiger partial charge in [0.25, 0.3) is 0 Å². The summed E-state index contributed by atoms with van der Waals surface area (Å²) in [5.41, 5.74) is 1.32. The van der Waals surface area contributed by atoms with Crippen molar-refractivity contribution in [2.45, 2.75) is 6.92 Å². The van der Waals surface area contributed by atoms with Crippen LogP contribution in [0.2, 0.25) is 0 Å². The maximum absolute atomic E-state index is 9.25. The molecule has 154 valence electrons. The smallest absolute Gasteiger partial charge is 0.327 e. The lowest BCUT2D eigenvalue weighted by Crippen LogP contribution is -1.82. The lowest BCUT2D eigenvalue weighted by atomic mass is 10.2. The largest absolute Gasteiger partial charge is 0.508 e. The van der Waals surface area contributed by atoms with Crippen molar-refractivity contribution in [2.24, 2.45) is 0 Å². The van der Waals surface area contributed by atoms with Crippen LogP contribution in [0.5, 0.6) is 23.0 Å². The normalized spacial score (nSPS) is 8.48. The highest BCUT2D eigenvalue weighted by atomic mass is 16.5. The van der Waals surface area contributed by atoms with E-state index in [2.05, 4.69) is 25.6 Å². The van der Waals surface area contributed by atoms with Crippen LogP contribution in [-0.4, -0.2) is 33.5 Å². The number of aromatic hydroxyl groups is 3. The average Bonchev–Trinajstić information content (AvgIpc) is 2.73. The third-order valence-electron chi connectivity index (χ3n) is 3.04. The number of aliphatic carboxylic acids is 1. The highest BCUT2D eigenvalue weighted by Gasteiger charge is 1.87. The number of hydrogen-bond acceptors (Lipinski definition) is 5. The third-order valence-corrected chi connectivity index (χ3v) is 3.04. The second-order valence-electron chi connectivity index (χ2n) is 5.41. The molecule has 3 rings (SSSR count). The van der Waals surface area contributed by atoms with Gasteiger partial charge in [-0.05, 0) is 55.5 Å². The van der Waals surface area contributed by atoms with Gasteiger partial charge in [-0.2, -0.15) is 0 Å². The summed E-state index contributed by atoms with van der Waals surface area (Å²) in [4.78, 5) is 9.25. The number of phenols is 3. The Balaban J connectivity index is 0.000000368. The van der Waals surface area contributed by atoms with Gasteiger partial charge >= 0.3 is 5.97 Å². The number of rotatable bonds is 2. The van der Waals surface area contributed by atoms with Gasteiger partial charge in [-0.3, -0.25) is 0 Å². The van der Waals surface area contributed by atoms with Gasteiger partial charge in [-0.15, -0.1) is 0 Å². The second kappa shape index (κ2) is 15.2. The van der Waals surface area contributed by atoms with E-state index in [-0.39, 0.29) is 17.2 Å². The first-order valence-electron chi connectivity index (χ1n) is 8.46. The van der Waals surface area contributed by atoms with Crippen molar-refractivity contribution in [2.75, 3.05) is 7.11 Å². The van der Waals surface area contributed by atoms with Gasteiger partial charge in [0.15, 0.2) is 0 Å². The van der Waals surface area contributed by atoms with Crippen LogP contribution in [0.4, 0.5) is 0 Å². The molecule has 0 spiro atoms. The molecule has 0 aliphatic carbocycles. The van der Waals surface area contributed by atoms with E-state index in [1.807, 2.05) is 18.2 Å². The Morgan fingerprint density at radius 3 is 1.38 bits per heavy atom. The Labute approximate surface area is 170 Å². The first-order valence-corrected chi connectivity index (χ1v) is 8.46. The summed E-state index contributed by atoms with van der Waals surface area (Å²) in [6, 6.07) is 22.5. The SMILES string of the molecule is C=CC(=O)O.COc1ccc(O)cc1.Cc1ccccc1.Oc1ccc(O)cc1. The van der Waals surface area contributed by atoms with Crippen molar-refractivity contribution < 1.29 is 30.0 Å². The molecule has 29 heavy (non-hydrogen) atoms. The van der Waals surface area contributed by atoms with Crippen molar-refractivity contribution in [3.8, 4) is 23.0 Å². The van der Waals surface area contributed by atoms with Crippen LogP contribution in [-0.2, 0) is 4.79 Å². The van der Waals surface area contributed by atoms with Gasteiger partial charge in [0.05, 0.1) is 7.11 Å². The van der Waals surface area contributed by atoms with Crippen molar-refractivity contribution in [3.05, 3.63) is 97.1 Å². The van der Waals surface area contributed by atoms with E-state index in [4.69, 9.17) is 25.2 Å². The predicted octanol–water partition coefficient (Wildman–Crippen LogP) is 4.75. The topological polar surface area (TPSA) is 107 Å². The number of carboxylic acid groups (broad SMARTS) is 1. The first kappa shape index (κ1) is 25.1. The van der Waals surface area contributed by atoms with E-state index in [9.17, 15) is 4.79 Å². The quantitative estimate of drug-likeness (QED) is 0.367. The summed E-state index contributed by atoms with van der Waals surface area (Å²) in [5.74, 6) is 0.374.